The van der Waals surface area contributed by atoms with E-state index in [9.17, 15) is 0 Å². The van der Waals surface area contributed by atoms with Gasteiger partial charge in [0.25, 0.3) is 0 Å². The van der Waals surface area contributed by atoms with Gasteiger partial charge in [-0.15, -0.1) is 34.2 Å². The molecule has 0 fully saturated rings. The number of rotatable bonds is 8. The molecule has 1 aromatic rings. The van der Waals surface area contributed by atoms with E-state index in [1.165, 1.54) is 44.9 Å². The molecule has 1 aliphatic heterocycles. The lowest BCUT2D eigenvalue weighted by molar-refractivity contribution is 0.502. The molecule has 2 rings (SSSR count). The average molecular weight is 448 g/mol. The number of guanidine groups is 1. The molecule has 0 saturated carbocycles. The molecule has 1 atom stereocenters. The smallest absolute Gasteiger partial charge is 0.191 e. The standard InChI is InChI=1S/C17H32N6.HI/c1-4-5-6-7-10-14(2)20-17(18-3)19-13-16-22-21-15-11-8-9-12-23(15)16;/h14H,4-13H2,1-3H3,(H2,18,19,20);1H. The van der Waals surface area contributed by atoms with Gasteiger partial charge in [-0.1, -0.05) is 32.6 Å². The molecule has 0 aromatic carbocycles. The van der Waals surface area contributed by atoms with Crippen LogP contribution in [0.2, 0.25) is 0 Å². The molecule has 2 N–H and O–H groups in total. The third-order valence-corrected chi connectivity index (χ3v) is 4.45. The minimum Gasteiger partial charge on any atom is -0.354 e. The topological polar surface area (TPSA) is 67.1 Å². The van der Waals surface area contributed by atoms with E-state index in [0.717, 1.165) is 30.6 Å². The summed E-state index contributed by atoms with van der Waals surface area (Å²) in [5, 5.41) is 15.5. The van der Waals surface area contributed by atoms with Gasteiger partial charge in [0.15, 0.2) is 11.8 Å². The Morgan fingerprint density at radius 1 is 1.25 bits per heavy atom. The van der Waals surface area contributed by atoms with E-state index in [1.54, 1.807) is 0 Å². The number of nitrogens with one attached hydrogen (secondary N) is 2. The summed E-state index contributed by atoms with van der Waals surface area (Å²) < 4.78 is 2.25. The number of halogens is 1. The number of unbranched alkanes of at least 4 members (excludes halogenated alkanes) is 3. The quantitative estimate of drug-likeness (QED) is 0.277. The normalized spacial score (nSPS) is 15.4. The molecule has 0 aliphatic carbocycles. The van der Waals surface area contributed by atoms with Crippen molar-refractivity contribution in [3.8, 4) is 0 Å². The van der Waals surface area contributed by atoms with Crippen molar-refractivity contribution in [2.75, 3.05) is 7.05 Å². The SMILES string of the molecule is CCCCCCC(C)NC(=NC)NCc1nnc2n1CCCC2.I. The molecule has 2 heterocycles. The molecule has 1 aliphatic rings. The summed E-state index contributed by atoms with van der Waals surface area (Å²) in [5.74, 6) is 2.99. The number of hydrogen-bond acceptors (Lipinski definition) is 3. The van der Waals surface area contributed by atoms with Crippen LogP contribution in [-0.4, -0.2) is 33.8 Å². The van der Waals surface area contributed by atoms with Crippen molar-refractivity contribution in [1.29, 1.82) is 0 Å². The predicted molar refractivity (Wildman–Crippen MR) is 110 cm³/mol. The van der Waals surface area contributed by atoms with E-state index >= 15 is 0 Å². The second-order valence-electron chi connectivity index (χ2n) is 6.46. The summed E-state index contributed by atoms with van der Waals surface area (Å²) in [5.41, 5.74) is 0. The van der Waals surface area contributed by atoms with E-state index in [2.05, 4.69) is 44.2 Å². The number of aromatic nitrogens is 3. The van der Waals surface area contributed by atoms with Crippen LogP contribution < -0.4 is 10.6 Å². The first-order valence-electron chi connectivity index (χ1n) is 9.12. The number of fused-ring (bicyclic) bond motifs is 1. The highest BCUT2D eigenvalue weighted by molar-refractivity contribution is 14.0. The van der Waals surface area contributed by atoms with Gasteiger partial charge in [0.05, 0.1) is 6.54 Å². The van der Waals surface area contributed by atoms with Crippen molar-refractivity contribution in [3.63, 3.8) is 0 Å². The van der Waals surface area contributed by atoms with Crippen molar-refractivity contribution in [3.05, 3.63) is 11.6 Å². The molecule has 138 valence electrons. The Hall–Kier alpha value is -0.860. The maximum absolute atomic E-state index is 4.32. The van der Waals surface area contributed by atoms with Crippen molar-refractivity contribution in [1.82, 2.24) is 25.4 Å². The van der Waals surface area contributed by atoms with Crippen LogP contribution in [-0.2, 0) is 19.5 Å². The van der Waals surface area contributed by atoms with Crippen LogP contribution in [0.25, 0.3) is 0 Å². The predicted octanol–water partition coefficient (Wildman–Crippen LogP) is 3.26. The Morgan fingerprint density at radius 3 is 2.83 bits per heavy atom. The van der Waals surface area contributed by atoms with E-state index in [4.69, 9.17) is 0 Å². The first-order chi connectivity index (χ1) is 11.2. The number of aryl methyl sites for hydroxylation is 1. The van der Waals surface area contributed by atoms with Crippen LogP contribution in [0, 0.1) is 0 Å². The molecule has 6 nitrogen and oxygen atoms in total. The van der Waals surface area contributed by atoms with Crippen LogP contribution >= 0.6 is 24.0 Å². The van der Waals surface area contributed by atoms with E-state index in [-0.39, 0.29) is 24.0 Å². The first-order valence-corrected chi connectivity index (χ1v) is 9.12. The molecule has 24 heavy (non-hydrogen) atoms. The minimum atomic E-state index is 0. The fourth-order valence-electron chi connectivity index (χ4n) is 3.04. The Morgan fingerprint density at radius 2 is 2.08 bits per heavy atom. The summed E-state index contributed by atoms with van der Waals surface area (Å²) in [6.45, 7) is 6.18. The number of aliphatic imine (C=N–C) groups is 1. The summed E-state index contributed by atoms with van der Waals surface area (Å²) in [6.07, 6.45) is 9.89. The van der Waals surface area contributed by atoms with Gasteiger partial charge >= 0.3 is 0 Å². The van der Waals surface area contributed by atoms with Gasteiger partial charge in [-0.25, -0.2) is 0 Å². The average Bonchev–Trinajstić information content (AvgIpc) is 2.99. The number of hydrogen-bond donors (Lipinski definition) is 2. The van der Waals surface area contributed by atoms with Gasteiger partial charge in [-0.05, 0) is 26.2 Å². The van der Waals surface area contributed by atoms with E-state index < -0.39 is 0 Å². The fraction of sp³-hybridized carbons (Fsp3) is 0.824. The van der Waals surface area contributed by atoms with Crippen LogP contribution in [0.5, 0.6) is 0 Å². The van der Waals surface area contributed by atoms with Crippen LogP contribution in [0.15, 0.2) is 4.99 Å². The Bertz CT molecular complexity index is 499. The van der Waals surface area contributed by atoms with Gasteiger partial charge in [0.2, 0.25) is 0 Å². The van der Waals surface area contributed by atoms with Crippen LogP contribution in [0.1, 0.15) is 70.4 Å². The first kappa shape index (κ1) is 21.2. The zero-order chi connectivity index (χ0) is 16.5. The molecule has 0 saturated heterocycles. The van der Waals surface area contributed by atoms with E-state index in [0.29, 0.717) is 12.6 Å². The summed E-state index contributed by atoms with van der Waals surface area (Å²) in [4.78, 5) is 4.32. The van der Waals surface area contributed by atoms with E-state index in [1.807, 2.05) is 7.05 Å². The van der Waals surface area contributed by atoms with Crippen LogP contribution in [0.4, 0.5) is 0 Å². The third kappa shape index (κ3) is 6.57. The molecule has 0 amide bonds. The molecular formula is C17H33IN6. The lowest BCUT2D eigenvalue weighted by Crippen LogP contribution is -2.42. The highest BCUT2D eigenvalue weighted by Crippen LogP contribution is 2.13. The van der Waals surface area contributed by atoms with Gasteiger partial charge in [0.1, 0.15) is 5.82 Å². The summed E-state index contributed by atoms with van der Waals surface area (Å²) >= 11 is 0. The third-order valence-electron chi connectivity index (χ3n) is 4.45. The zero-order valence-electron chi connectivity index (χ0n) is 15.3. The summed E-state index contributed by atoms with van der Waals surface area (Å²) in [7, 11) is 1.82. The van der Waals surface area contributed by atoms with Gasteiger partial charge in [-0.3, -0.25) is 4.99 Å². The monoisotopic (exact) mass is 448 g/mol. The van der Waals surface area contributed by atoms with Gasteiger partial charge < -0.3 is 15.2 Å². The minimum absolute atomic E-state index is 0. The zero-order valence-corrected chi connectivity index (χ0v) is 17.7. The van der Waals surface area contributed by atoms with Crippen molar-refractivity contribution >= 4 is 29.9 Å². The lowest BCUT2D eigenvalue weighted by atomic mass is 10.1. The molecule has 0 bridgehead atoms. The molecule has 1 aromatic heterocycles. The Kier molecular flexibility index (Phi) is 10.3. The van der Waals surface area contributed by atoms with Gasteiger partial charge in [0, 0.05) is 26.1 Å². The van der Waals surface area contributed by atoms with Crippen molar-refractivity contribution < 1.29 is 0 Å². The van der Waals surface area contributed by atoms with Crippen LogP contribution in [0.3, 0.4) is 0 Å². The van der Waals surface area contributed by atoms with Gasteiger partial charge in [-0.2, -0.15) is 0 Å². The largest absolute Gasteiger partial charge is 0.354 e. The highest BCUT2D eigenvalue weighted by atomic mass is 127. The second kappa shape index (κ2) is 11.7. The second-order valence-corrected chi connectivity index (χ2v) is 6.46. The lowest BCUT2D eigenvalue weighted by Gasteiger charge is -2.19. The molecule has 0 spiro atoms. The molecule has 0 radical (unpaired) electrons. The Balaban J connectivity index is 0.00000288. The molecule has 7 heteroatoms. The van der Waals surface area contributed by atoms with Crippen molar-refractivity contribution in [2.24, 2.45) is 4.99 Å². The summed E-state index contributed by atoms with van der Waals surface area (Å²) in [6, 6.07) is 0.436. The highest BCUT2D eigenvalue weighted by Gasteiger charge is 2.15. The molecule has 1 unspecified atom stereocenters. The van der Waals surface area contributed by atoms with Crippen molar-refractivity contribution in [2.45, 2.75) is 84.3 Å². The fourth-order valence-corrected chi connectivity index (χ4v) is 3.04. The molecular weight excluding hydrogens is 415 g/mol. The Labute approximate surface area is 163 Å². The maximum Gasteiger partial charge on any atom is 0.191 e. The number of nitrogens with zero attached hydrogens (tertiary/aromatic N) is 4. The maximum atomic E-state index is 4.32.